The molecule has 0 spiro atoms. The summed E-state index contributed by atoms with van der Waals surface area (Å²) >= 11 is 0. The maximum Gasteiger partial charge on any atom is 0.254 e. The molecule has 1 aliphatic carbocycles. The van der Waals surface area contributed by atoms with Crippen molar-refractivity contribution < 1.29 is 14.0 Å². The number of amides is 2. The molecule has 1 saturated carbocycles. The van der Waals surface area contributed by atoms with Gasteiger partial charge >= 0.3 is 0 Å². The van der Waals surface area contributed by atoms with Crippen LogP contribution < -0.4 is 5.32 Å². The molecule has 3 rings (SSSR count). The molecule has 4 nitrogen and oxygen atoms in total. The SMILES string of the molecule is O=C(NC1CCN(C(=O)C2CCCCC2)CC1)c1ccccc1F. The van der Waals surface area contributed by atoms with E-state index < -0.39 is 5.82 Å². The highest BCUT2D eigenvalue weighted by molar-refractivity contribution is 5.94. The monoisotopic (exact) mass is 332 g/mol. The van der Waals surface area contributed by atoms with Crippen LogP contribution in [-0.4, -0.2) is 35.8 Å². The first-order chi connectivity index (χ1) is 11.6. The van der Waals surface area contributed by atoms with Gasteiger partial charge in [0.2, 0.25) is 5.91 Å². The Hall–Kier alpha value is -1.91. The van der Waals surface area contributed by atoms with Gasteiger partial charge in [0.25, 0.3) is 5.91 Å². The fraction of sp³-hybridized carbons (Fsp3) is 0.579. The molecule has 2 amide bonds. The van der Waals surface area contributed by atoms with E-state index in [1.54, 1.807) is 12.1 Å². The molecule has 5 heteroatoms. The highest BCUT2D eigenvalue weighted by Gasteiger charge is 2.29. The number of carbonyl (C=O) groups is 2. The van der Waals surface area contributed by atoms with E-state index >= 15 is 0 Å². The second kappa shape index (κ2) is 7.77. The lowest BCUT2D eigenvalue weighted by molar-refractivity contribution is -0.137. The van der Waals surface area contributed by atoms with Crippen molar-refractivity contribution >= 4 is 11.8 Å². The number of rotatable bonds is 3. The Labute approximate surface area is 142 Å². The number of nitrogens with one attached hydrogen (secondary N) is 1. The lowest BCUT2D eigenvalue weighted by Crippen LogP contribution is -2.48. The van der Waals surface area contributed by atoms with Gasteiger partial charge in [-0.15, -0.1) is 0 Å². The van der Waals surface area contributed by atoms with Crippen LogP contribution in [0.15, 0.2) is 24.3 Å². The molecule has 130 valence electrons. The third kappa shape index (κ3) is 3.94. The van der Waals surface area contributed by atoms with Gasteiger partial charge in [-0.25, -0.2) is 4.39 Å². The topological polar surface area (TPSA) is 49.4 Å². The minimum atomic E-state index is -0.500. The molecule has 0 unspecified atom stereocenters. The van der Waals surface area contributed by atoms with E-state index in [4.69, 9.17) is 0 Å². The van der Waals surface area contributed by atoms with E-state index in [2.05, 4.69) is 5.32 Å². The van der Waals surface area contributed by atoms with Crippen LogP contribution in [0.25, 0.3) is 0 Å². The predicted octanol–water partition coefficient (Wildman–Crippen LogP) is 3.13. The van der Waals surface area contributed by atoms with Gasteiger partial charge in [0.1, 0.15) is 5.82 Å². The summed E-state index contributed by atoms with van der Waals surface area (Å²) < 4.78 is 13.7. The van der Waals surface area contributed by atoms with Crippen LogP contribution in [-0.2, 0) is 4.79 Å². The number of benzene rings is 1. The molecule has 1 saturated heterocycles. The minimum absolute atomic E-state index is 0.00696. The highest BCUT2D eigenvalue weighted by atomic mass is 19.1. The van der Waals surface area contributed by atoms with Gasteiger partial charge in [0.05, 0.1) is 5.56 Å². The van der Waals surface area contributed by atoms with Crippen LogP contribution in [0.2, 0.25) is 0 Å². The van der Waals surface area contributed by atoms with Crippen molar-refractivity contribution in [3.8, 4) is 0 Å². The zero-order chi connectivity index (χ0) is 16.9. The molecular formula is C19H25FN2O2. The summed E-state index contributed by atoms with van der Waals surface area (Å²) in [6, 6.07) is 6.02. The fourth-order valence-electron chi connectivity index (χ4n) is 3.76. The second-order valence-corrected chi connectivity index (χ2v) is 6.89. The summed E-state index contributed by atoms with van der Waals surface area (Å²) in [6.45, 7) is 1.36. The molecule has 2 aliphatic rings. The van der Waals surface area contributed by atoms with Gasteiger partial charge in [0, 0.05) is 25.0 Å². The summed E-state index contributed by atoms with van der Waals surface area (Å²) in [4.78, 5) is 26.6. The van der Waals surface area contributed by atoms with Crippen molar-refractivity contribution in [1.82, 2.24) is 10.2 Å². The van der Waals surface area contributed by atoms with Crippen LogP contribution in [0.3, 0.4) is 0 Å². The molecule has 1 aromatic carbocycles. The molecule has 0 radical (unpaired) electrons. The van der Waals surface area contributed by atoms with Crippen molar-refractivity contribution in [2.45, 2.75) is 51.0 Å². The van der Waals surface area contributed by atoms with Gasteiger partial charge in [-0.3, -0.25) is 9.59 Å². The summed E-state index contributed by atoms with van der Waals surface area (Å²) in [7, 11) is 0. The third-order valence-electron chi connectivity index (χ3n) is 5.21. The average Bonchev–Trinajstić information content (AvgIpc) is 2.63. The lowest BCUT2D eigenvalue weighted by Gasteiger charge is -2.35. The molecule has 1 aliphatic heterocycles. The van der Waals surface area contributed by atoms with Crippen molar-refractivity contribution in [1.29, 1.82) is 0 Å². The summed E-state index contributed by atoms with van der Waals surface area (Å²) in [5.41, 5.74) is 0.0817. The van der Waals surface area contributed by atoms with Crippen molar-refractivity contribution in [3.05, 3.63) is 35.6 Å². The first-order valence-electron chi connectivity index (χ1n) is 8.99. The molecule has 1 aromatic rings. The molecule has 0 aromatic heterocycles. The van der Waals surface area contributed by atoms with Crippen LogP contribution in [0.4, 0.5) is 4.39 Å². The molecule has 1 heterocycles. The van der Waals surface area contributed by atoms with E-state index in [9.17, 15) is 14.0 Å². The van der Waals surface area contributed by atoms with E-state index in [0.29, 0.717) is 13.1 Å². The fourth-order valence-corrected chi connectivity index (χ4v) is 3.76. The zero-order valence-corrected chi connectivity index (χ0v) is 14.0. The van der Waals surface area contributed by atoms with Gasteiger partial charge in [-0.05, 0) is 37.8 Å². The summed E-state index contributed by atoms with van der Waals surface area (Å²) in [6.07, 6.45) is 7.06. The number of nitrogens with zero attached hydrogens (tertiary/aromatic N) is 1. The van der Waals surface area contributed by atoms with Gasteiger partial charge in [0.15, 0.2) is 0 Å². The van der Waals surface area contributed by atoms with E-state index in [1.165, 1.54) is 18.6 Å². The van der Waals surface area contributed by atoms with E-state index in [0.717, 1.165) is 38.5 Å². The van der Waals surface area contributed by atoms with Crippen molar-refractivity contribution in [2.75, 3.05) is 13.1 Å². The molecule has 2 fully saturated rings. The van der Waals surface area contributed by atoms with E-state index in [1.807, 2.05) is 4.90 Å². The number of piperidine rings is 1. The predicted molar refractivity (Wildman–Crippen MR) is 90.0 cm³/mol. The number of carbonyl (C=O) groups excluding carboxylic acids is 2. The minimum Gasteiger partial charge on any atom is -0.349 e. The Kier molecular flexibility index (Phi) is 5.48. The van der Waals surface area contributed by atoms with Crippen LogP contribution in [0.1, 0.15) is 55.3 Å². The van der Waals surface area contributed by atoms with Gasteiger partial charge < -0.3 is 10.2 Å². The maximum absolute atomic E-state index is 13.7. The Morgan fingerprint density at radius 3 is 2.33 bits per heavy atom. The first-order valence-corrected chi connectivity index (χ1v) is 8.99. The Bertz CT molecular complexity index is 591. The van der Waals surface area contributed by atoms with Gasteiger partial charge in [-0.2, -0.15) is 0 Å². The molecular weight excluding hydrogens is 307 g/mol. The van der Waals surface area contributed by atoms with Crippen LogP contribution >= 0.6 is 0 Å². The zero-order valence-electron chi connectivity index (χ0n) is 14.0. The Balaban J connectivity index is 1.49. The average molecular weight is 332 g/mol. The maximum atomic E-state index is 13.7. The second-order valence-electron chi connectivity index (χ2n) is 6.89. The highest BCUT2D eigenvalue weighted by Crippen LogP contribution is 2.26. The summed E-state index contributed by atoms with van der Waals surface area (Å²) in [5.74, 6) is -0.387. The van der Waals surface area contributed by atoms with Gasteiger partial charge in [-0.1, -0.05) is 31.4 Å². The van der Waals surface area contributed by atoms with Crippen molar-refractivity contribution in [2.24, 2.45) is 5.92 Å². The third-order valence-corrected chi connectivity index (χ3v) is 5.21. The molecule has 0 bridgehead atoms. The quantitative estimate of drug-likeness (QED) is 0.924. The number of hydrogen-bond acceptors (Lipinski definition) is 2. The normalized spacial score (nSPS) is 20.0. The van der Waals surface area contributed by atoms with Crippen molar-refractivity contribution in [3.63, 3.8) is 0 Å². The van der Waals surface area contributed by atoms with Crippen LogP contribution in [0.5, 0.6) is 0 Å². The largest absolute Gasteiger partial charge is 0.349 e. The Morgan fingerprint density at radius 1 is 1.00 bits per heavy atom. The number of likely N-dealkylation sites (tertiary alicyclic amines) is 1. The smallest absolute Gasteiger partial charge is 0.254 e. The van der Waals surface area contributed by atoms with E-state index in [-0.39, 0.29) is 29.3 Å². The molecule has 24 heavy (non-hydrogen) atoms. The van der Waals surface area contributed by atoms with Crippen LogP contribution in [0, 0.1) is 11.7 Å². The number of halogens is 1. The first kappa shape index (κ1) is 16.9. The Morgan fingerprint density at radius 2 is 1.67 bits per heavy atom. The lowest BCUT2D eigenvalue weighted by atomic mass is 9.87. The summed E-state index contributed by atoms with van der Waals surface area (Å²) in [5, 5.41) is 2.90. The molecule has 1 N–H and O–H groups in total. The standard InChI is InChI=1S/C19H25FN2O2/c20-17-9-5-4-8-16(17)18(23)21-15-10-12-22(13-11-15)19(24)14-6-2-1-3-7-14/h4-5,8-9,14-15H,1-3,6-7,10-13H2,(H,21,23). The molecule has 0 atom stereocenters. The number of hydrogen-bond donors (Lipinski definition) is 1.